The highest BCUT2D eigenvalue weighted by molar-refractivity contribution is 5.30. The van der Waals surface area contributed by atoms with Gasteiger partial charge in [-0.05, 0) is 43.0 Å². The number of nitrogens with two attached hydrogens (primary N) is 1. The third-order valence-corrected chi connectivity index (χ3v) is 4.01. The van der Waals surface area contributed by atoms with Crippen LogP contribution < -0.4 is 11.1 Å². The molecule has 1 fully saturated rings. The van der Waals surface area contributed by atoms with Gasteiger partial charge in [-0.25, -0.2) is 0 Å². The zero-order valence-electron chi connectivity index (χ0n) is 11.0. The van der Waals surface area contributed by atoms with E-state index in [-0.39, 0.29) is 5.41 Å². The summed E-state index contributed by atoms with van der Waals surface area (Å²) in [6, 6.07) is 9.10. The predicted molar refractivity (Wildman–Crippen MR) is 73.4 cm³/mol. The molecule has 17 heavy (non-hydrogen) atoms. The van der Waals surface area contributed by atoms with Gasteiger partial charge >= 0.3 is 0 Å². The lowest BCUT2D eigenvalue weighted by Gasteiger charge is -2.26. The summed E-state index contributed by atoms with van der Waals surface area (Å²) in [5, 5.41) is 3.41. The Hall–Kier alpha value is -0.860. The number of hydrogen-bond donors (Lipinski definition) is 2. The number of piperidine rings is 1. The van der Waals surface area contributed by atoms with Crippen molar-refractivity contribution in [3.63, 3.8) is 0 Å². The van der Waals surface area contributed by atoms with Crippen molar-refractivity contribution in [1.29, 1.82) is 0 Å². The molecule has 1 aromatic carbocycles. The zero-order valence-corrected chi connectivity index (χ0v) is 11.0. The first-order valence-corrected chi connectivity index (χ1v) is 6.65. The van der Waals surface area contributed by atoms with Gasteiger partial charge in [0.05, 0.1) is 0 Å². The van der Waals surface area contributed by atoms with Crippen molar-refractivity contribution in [2.75, 3.05) is 19.6 Å². The molecule has 0 aliphatic carbocycles. The summed E-state index contributed by atoms with van der Waals surface area (Å²) in [4.78, 5) is 0. The molecule has 1 aromatic rings. The van der Waals surface area contributed by atoms with Crippen molar-refractivity contribution in [2.24, 2.45) is 5.73 Å². The van der Waals surface area contributed by atoms with Crippen molar-refractivity contribution in [3.8, 4) is 0 Å². The highest BCUT2D eigenvalue weighted by Gasteiger charge is 2.19. The van der Waals surface area contributed by atoms with E-state index in [1.165, 1.54) is 24.0 Å². The van der Waals surface area contributed by atoms with Crippen LogP contribution in [0.4, 0.5) is 0 Å². The average Bonchev–Trinajstić information content (AvgIpc) is 2.40. The smallest absolute Gasteiger partial charge is 0.00190 e. The maximum atomic E-state index is 5.81. The minimum Gasteiger partial charge on any atom is -0.330 e. The largest absolute Gasteiger partial charge is 0.330 e. The van der Waals surface area contributed by atoms with Crippen LogP contribution in [0, 0.1) is 0 Å². The molecule has 94 valence electrons. The predicted octanol–water partition coefficient (Wildman–Crippen LogP) is 2.39. The third-order valence-electron chi connectivity index (χ3n) is 4.01. The molecule has 0 unspecified atom stereocenters. The van der Waals surface area contributed by atoms with Crippen LogP contribution in [0.2, 0.25) is 0 Å². The Bertz CT molecular complexity index is 348. The molecule has 1 saturated heterocycles. The minimum atomic E-state index is 0.0899. The molecular formula is C15H24N2. The zero-order chi connectivity index (χ0) is 12.3. The van der Waals surface area contributed by atoms with Crippen molar-refractivity contribution >= 4 is 0 Å². The molecule has 0 aromatic heterocycles. The second kappa shape index (κ2) is 5.19. The summed E-state index contributed by atoms with van der Waals surface area (Å²) in [6.07, 6.45) is 2.53. The van der Waals surface area contributed by atoms with Crippen molar-refractivity contribution in [3.05, 3.63) is 35.4 Å². The molecule has 0 bridgehead atoms. The molecule has 2 heteroatoms. The van der Waals surface area contributed by atoms with E-state index in [2.05, 4.69) is 43.4 Å². The fourth-order valence-corrected chi connectivity index (χ4v) is 2.48. The Morgan fingerprint density at radius 2 is 1.76 bits per heavy atom. The summed E-state index contributed by atoms with van der Waals surface area (Å²) in [6.45, 7) is 7.40. The number of nitrogens with one attached hydrogen (secondary N) is 1. The van der Waals surface area contributed by atoms with E-state index in [9.17, 15) is 0 Å². The van der Waals surface area contributed by atoms with Crippen LogP contribution in [0.1, 0.15) is 43.7 Å². The Morgan fingerprint density at radius 3 is 2.29 bits per heavy atom. The van der Waals surface area contributed by atoms with Gasteiger partial charge in [-0.15, -0.1) is 0 Å². The fraction of sp³-hybridized carbons (Fsp3) is 0.600. The molecule has 0 atom stereocenters. The van der Waals surface area contributed by atoms with Crippen LogP contribution in [-0.4, -0.2) is 19.6 Å². The van der Waals surface area contributed by atoms with E-state index < -0.39 is 0 Å². The van der Waals surface area contributed by atoms with Gasteiger partial charge in [0, 0.05) is 12.0 Å². The standard InChI is InChI=1S/C15H24N2/c1-15(2,11-16)14-5-3-12(4-6-14)13-7-9-17-10-8-13/h3-6,13,17H,7-11,16H2,1-2H3. The maximum Gasteiger partial charge on any atom is 0.00190 e. The van der Waals surface area contributed by atoms with Gasteiger partial charge in [-0.2, -0.15) is 0 Å². The second-order valence-corrected chi connectivity index (χ2v) is 5.73. The molecule has 3 N–H and O–H groups in total. The fourth-order valence-electron chi connectivity index (χ4n) is 2.48. The van der Waals surface area contributed by atoms with Crippen LogP contribution in [-0.2, 0) is 5.41 Å². The first kappa shape index (κ1) is 12.6. The summed E-state index contributed by atoms with van der Waals surface area (Å²) in [5.74, 6) is 0.742. The topological polar surface area (TPSA) is 38.0 Å². The van der Waals surface area contributed by atoms with Crippen LogP contribution in [0.15, 0.2) is 24.3 Å². The van der Waals surface area contributed by atoms with Crippen molar-refractivity contribution < 1.29 is 0 Å². The molecule has 0 spiro atoms. The molecular weight excluding hydrogens is 208 g/mol. The first-order valence-electron chi connectivity index (χ1n) is 6.65. The average molecular weight is 232 g/mol. The summed E-state index contributed by atoms with van der Waals surface area (Å²) >= 11 is 0. The van der Waals surface area contributed by atoms with Gasteiger partial charge in [-0.1, -0.05) is 38.1 Å². The van der Waals surface area contributed by atoms with Gasteiger partial charge in [0.1, 0.15) is 0 Å². The van der Waals surface area contributed by atoms with E-state index >= 15 is 0 Å². The van der Waals surface area contributed by atoms with Gasteiger partial charge in [0.2, 0.25) is 0 Å². The molecule has 0 amide bonds. The normalized spacial score (nSPS) is 18.3. The molecule has 1 heterocycles. The number of hydrogen-bond acceptors (Lipinski definition) is 2. The van der Waals surface area contributed by atoms with Crippen LogP contribution in [0.3, 0.4) is 0 Å². The highest BCUT2D eigenvalue weighted by atomic mass is 14.9. The molecule has 0 radical (unpaired) electrons. The molecule has 2 nitrogen and oxygen atoms in total. The third kappa shape index (κ3) is 2.88. The van der Waals surface area contributed by atoms with Crippen LogP contribution >= 0.6 is 0 Å². The van der Waals surface area contributed by atoms with Crippen LogP contribution in [0.5, 0.6) is 0 Å². The van der Waals surface area contributed by atoms with Crippen molar-refractivity contribution in [2.45, 2.75) is 38.0 Å². The monoisotopic (exact) mass is 232 g/mol. The maximum absolute atomic E-state index is 5.81. The highest BCUT2D eigenvalue weighted by Crippen LogP contribution is 2.28. The van der Waals surface area contributed by atoms with E-state index in [1.54, 1.807) is 0 Å². The Balaban J connectivity index is 2.12. The van der Waals surface area contributed by atoms with Gasteiger partial charge < -0.3 is 11.1 Å². The van der Waals surface area contributed by atoms with E-state index in [1.807, 2.05) is 0 Å². The second-order valence-electron chi connectivity index (χ2n) is 5.73. The van der Waals surface area contributed by atoms with Gasteiger partial charge in [0.25, 0.3) is 0 Å². The van der Waals surface area contributed by atoms with Gasteiger partial charge in [0.15, 0.2) is 0 Å². The molecule has 1 aliphatic rings. The number of rotatable bonds is 3. The summed E-state index contributed by atoms with van der Waals surface area (Å²) in [5.41, 5.74) is 8.73. The van der Waals surface area contributed by atoms with Gasteiger partial charge in [-0.3, -0.25) is 0 Å². The minimum absolute atomic E-state index is 0.0899. The summed E-state index contributed by atoms with van der Waals surface area (Å²) < 4.78 is 0. The molecule has 0 saturated carbocycles. The Morgan fingerprint density at radius 1 is 1.18 bits per heavy atom. The van der Waals surface area contributed by atoms with E-state index in [0.29, 0.717) is 6.54 Å². The van der Waals surface area contributed by atoms with E-state index in [4.69, 9.17) is 5.73 Å². The lowest BCUT2D eigenvalue weighted by Crippen LogP contribution is -2.28. The number of benzene rings is 1. The molecule has 2 rings (SSSR count). The first-order chi connectivity index (χ1) is 8.13. The quantitative estimate of drug-likeness (QED) is 0.840. The lowest BCUT2D eigenvalue weighted by atomic mass is 9.82. The Labute approximate surface area is 105 Å². The van der Waals surface area contributed by atoms with Crippen LogP contribution in [0.25, 0.3) is 0 Å². The molecule has 1 aliphatic heterocycles. The van der Waals surface area contributed by atoms with E-state index in [0.717, 1.165) is 19.0 Å². The Kier molecular flexibility index (Phi) is 3.85. The summed E-state index contributed by atoms with van der Waals surface area (Å²) in [7, 11) is 0. The SMILES string of the molecule is CC(C)(CN)c1ccc(C2CCNCC2)cc1. The van der Waals surface area contributed by atoms with Crippen molar-refractivity contribution in [1.82, 2.24) is 5.32 Å². The lowest BCUT2D eigenvalue weighted by molar-refractivity contribution is 0.460.